The Morgan fingerprint density at radius 3 is 2.64 bits per heavy atom. The highest BCUT2D eigenvalue weighted by Crippen LogP contribution is 2.34. The van der Waals surface area contributed by atoms with E-state index in [1.165, 1.54) is 4.90 Å². The van der Waals surface area contributed by atoms with Crippen LogP contribution >= 0.6 is 0 Å². The lowest BCUT2D eigenvalue weighted by atomic mass is 10.1. The van der Waals surface area contributed by atoms with Gasteiger partial charge in [-0.1, -0.05) is 0 Å². The van der Waals surface area contributed by atoms with Crippen LogP contribution in [0.1, 0.15) is 27.6 Å². The molecule has 6 heteroatoms. The Balaban J connectivity index is 1.72. The quantitative estimate of drug-likeness (QED) is 0.618. The predicted octanol–water partition coefficient (Wildman–Crippen LogP) is 2.50. The summed E-state index contributed by atoms with van der Waals surface area (Å²) in [4.78, 5) is 36.5. The van der Waals surface area contributed by atoms with Gasteiger partial charge in [-0.3, -0.25) is 14.4 Å². The summed E-state index contributed by atoms with van der Waals surface area (Å²) in [6, 6.07) is 11.4. The summed E-state index contributed by atoms with van der Waals surface area (Å²) in [6.45, 7) is 1.54. The van der Waals surface area contributed by atoms with Gasteiger partial charge in [0.05, 0.1) is 5.69 Å². The molecule has 2 aromatic rings. The number of nitrogens with zero attached hydrogens (tertiary/aromatic N) is 1. The highest BCUT2D eigenvalue weighted by atomic mass is 16.5. The molecule has 0 saturated heterocycles. The summed E-state index contributed by atoms with van der Waals surface area (Å²) in [5.74, 6) is 0.684. The molecule has 0 spiro atoms. The van der Waals surface area contributed by atoms with Crippen LogP contribution < -0.4 is 14.4 Å². The van der Waals surface area contributed by atoms with Crippen molar-refractivity contribution in [2.24, 2.45) is 0 Å². The van der Waals surface area contributed by atoms with Crippen LogP contribution in [0.5, 0.6) is 11.5 Å². The van der Waals surface area contributed by atoms with E-state index in [0.29, 0.717) is 28.3 Å². The molecule has 0 aromatic heterocycles. The maximum atomic E-state index is 12.4. The van der Waals surface area contributed by atoms with E-state index in [2.05, 4.69) is 0 Å². The summed E-state index contributed by atoms with van der Waals surface area (Å²) >= 11 is 0. The molecule has 1 aliphatic rings. The van der Waals surface area contributed by atoms with Gasteiger partial charge in [0.2, 0.25) is 0 Å². The fraction of sp³-hybridized carbons (Fsp3) is 0.211. The van der Waals surface area contributed by atoms with Crippen molar-refractivity contribution in [1.29, 1.82) is 0 Å². The Hall–Kier alpha value is -3.15. The summed E-state index contributed by atoms with van der Waals surface area (Å²) in [7, 11) is 1.65. The van der Waals surface area contributed by atoms with Gasteiger partial charge in [-0.2, -0.15) is 0 Å². The Morgan fingerprint density at radius 2 is 1.96 bits per heavy atom. The zero-order chi connectivity index (χ0) is 18.0. The highest BCUT2D eigenvalue weighted by Gasteiger charge is 2.29. The number of hydrogen-bond donors (Lipinski definition) is 0. The number of carbonyl (C=O) groups excluding carboxylic acids is 3. The van der Waals surface area contributed by atoms with Gasteiger partial charge in [-0.15, -0.1) is 0 Å². The average molecular weight is 339 g/mol. The SMILES string of the molecule is CC1Oc2ccc(C(=O)COc3ccc(C=O)cc3)cc2N(C)C1=O. The van der Waals surface area contributed by atoms with Crippen molar-refractivity contribution in [2.45, 2.75) is 13.0 Å². The van der Waals surface area contributed by atoms with Crippen molar-refractivity contribution in [1.82, 2.24) is 0 Å². The molecule has 1 aliphatic heterocycles. The Labute approximate surface area is 145 Å². The molecule has 0 fully saturated rings. The number of aldehydes is 1. The molecule has 128 valence electrons. The molecule has 0 radical (unpaired) electrons. The second kappa shape index (κ2) is 6.76. The Bertz CT molecular complexity index is 828. The highest BCUT2D eigenvalue weighted by molar-refractivity contribution is 6.03. The van der Waals surface area contributed by atoms with Gasteiger partial charge in [0, 0.05) is 18.2 Å². The fourth-order valence-electron chi connectivity index (χ4n) is 2.56. The molecule has 1 amide bonds. The van der Waals surface area contributed by atoms with Crippen molar-refractivity contribution in [3.8, 4) is 11.5 Å². The predicted molar refractivity (Wildman–Crippen MR) is 91.6 cm³/mol. The average Bonchev–Trinajstić information content (AvgIpc) is 2.64. The van der Waals surface area contributed by atoms with E-state index in [0.717, 1.165) is 6.29 Å². The molecule has 6 nitrogen and oxygen atoms in total. The van der Waals surface area contributed by atoms with Gasteiger partial charge in [-0.25, -0.2) is 0 Å². The van der Waals surface area contributed by atoms with Gasteiger partial charge in [0.25, 0.3) is 5.91 Å². The first-order chi connectivity index (χ1) is 12.0. The third-order valence-corrected chi connectivity index (χ3v) is 4.01. The Morgan fingerprint density at radius 1 is 1.24 bits per heavy atom. The van der Waals surface area contributed by atoms with Crippen molar-refractivity contribution in [3.63, 3.8) is 0 Å². The summed E-state index contributed by atoms with van der Waals surface area (Å²) in [6.07, 6.45) is 0.194. The van der Waals surface area contributed by atoms with Crippen molar-refractivity contribution < 1.29 is 23.9 Å². The zero-order valence-corrected chi connectivity index (χ0v) is 13.9. The van der Waals surface area contributed by atoms with Gasteiger partial charge in [-0.05, 0) is 49.4 Å². The van der Waals surface area contributed by atoms with Crippen LogP contribution in [0.3, 0.4) is 0 Å². The van der Waals surface area contributed by atoms with Crippen LogP contribution in [0.2, 0.25) is 0 Å². The minimum absolute atomic E-state index is 0.145. The van der Waals surface area contributed by atoms with Crippen LogP contribution in [-0.2, 0) is 4.79 Å². The monoisotopic (exact) mass is 339 g/mol. The molecule has 0 bridgehead atoms. The maximum Gasteiger partial charge on any atom is 0.267 e. The fourth-order valence-corrected chi connectivity index (χ4v) is 2.56. The minimum atomic E-state index is -0.545. The van der Waals surface area contributed by atoms with Crippen LogP contribution in [0.15, 0.2) is 42.5 Å². The van der Waals surface area contributed by atoms with E-state index in [9.17, 15) is 14.4 Å². The van der Waals surface area contributed by atoms with Gasteiger partial charge >= 0.3 is 0 Å². The lowest BCUT2D eigenvalue weighted by Gasteiger charge is -2.30. The van der Waals surface area contributed by atoms with E-state index in [1.54, 1.807) is 56.4 Å². The molecule has 1 atom stereocenters. The van der Waals surface area contributed by atoms with Crippen LogP contribution in [0.4, 0.5) is 5.69 Å². The zero-order valence-electron chi connectivity index (χ0n) is 13.9. The van der Waals surface area contributed by atoms with Gasteiger partial charge in [0.1, 0.15) is 17.8 Å². The number of benzene rings is 2. The van der Waals surface area contributed by atoms with Crippen LogP contribution in [0, 0.1) is 0 Å². The van der Waals surface area contributed by atoms with Crippen molar-refractivity contribution in [2.75, 3.05) is 18.6 Å². The number of ketones is 1. The first-order valence-electron chi connectivity index (χ1n) is 7.79. The molecule has 2 aromatic carbocycles. The molecular formula is C19H17NO5. The molecule has 3 rings (SSSR count). The molecule has 25 heavy (non-hydrogen) atoms. The number of Topliss-reactive ketones (excluding diaryl/α,β-unsaturated/α-hetero) is 1. The van der Waals surface area contributed by atoms with Crippen molar-refractivity contribution >= 4 is 23.7 Å². The number of hydrogen-bond acceptors (Lipinski definition) is 5. The number of fused-ring (bicyclic) bond motifs is 1. The van der Waals surface area contributed by atoms with E-state index < -0.39 is 6.10 Å². The lowest BCUT2D eigenvalue weighted by molar-refractivity contribution is -0.125. The number of carbonyl (C=O) groups is 3. The molecule has 0 saturated carbocycles. The largest absolute Gasteiger partial charge is 0.485 e. The molecular weight excluding hydrogens is 322 g/mol. The van der Waals surface area contributed by atoms with E-state index in [-0.39, 0.29) is 18.3 Å². The van der Waals surface area contributed by atoms with Crippen LogP contribution in [-0.4, -0.2) is 37.7 Å². The second-order valence-electron chi connectivity index (χ2n) is 5.74. The smallest absolute Gasteiger partial charge is 0.267 e. The molecule has 1 heterocycles. The molecule has 1 unspecified atom stereocenters. The van der Waals surface area contributed by atoms with Gasteiger partial charge < -0.3 is 14.4 Å². The Kier molecular flexibility index (Phi) is 4.52. The number of rotatable bonds is 5. The number of ether oxygens (including phenoxy) is 2. The second-order valence-corrected chi connectivity index (χ2v) is 5.74. The standard InChI is InChI=1S/C19H17NO5/c1-12-19(23)20(2)16-9-14(5-8-18(16)25-12)17(22)11-24-15-6-3-13(10-21)4-7-15/h3-10,12H,11H2,1-2H3. The first-order valence-corrected chi connectivity index (χ1v) is 7.79. The van der Waals surface area contributed by atoms with E-state index in [4.69, 9.17) is 9.47 Å². The van der Waals surface area contributed by atoms with E-state index in [1.807, 2.05) is 0 Å². The van der Waals surface area contributed by atoms with Crippen LogP contribution in [0.25, 0.3) is 0 Å². The number of anilines is 1. The molecule has 0 aliphatic carbocycles. The third-order valence-electron chi connectivity index (χ3n) is 4.01. The first kappa shape index (κ1) is 16.7. The van der Waals surface area contributed by atoms with Crippen molar-refractivity contribution in [3.05, 3.63) is 53.6 Å². The van der Waals surface area contributed by atoms with Gasteiger partial charge in [0.15, 0.2) is 18.5 Å². The summed E-state index contributed by atoms with van der Waals surface area (Å²) < 4.78 is 11.0. The summed E-state index contributed by atoms with van der Waals surface area (Å²) in [5, 5.41) is 0. The molecule has 0 N–H and O–H groups in total. The maximum absolute atomic E-state index is 12.4. The number of amides is 1. The topological polar surface area (TPSA) is 72.9 Å². The summed E-state index contributed by atoms with van der Waals surface area (Å²) in [5.41, 5.74) is 1.53. The number of likely N-dealkylation sites (N-methyl/N-ethyl adjacent to an activating group) is 1. The third kappa shape index (κ3) is 3.38. The lowest BCUT2D eigenvalue weighted by Crippen LogP contribution is -2.42. The normalized spacial score (nSPS) is 16.0. The minimum Gasteiger partial charge on any atom is -0.485 e. The van der Waals surface area contributed by atoms with E-state index >= 15 is 0 Å².